The molecule has 3 N–H and O–H groups in total. The molecule has 0 saturated carbocycles. The fourth-order valence-electron chi connectivity index (χ4n) is 0.910. The van der Waals surface area contributed by atoms with Gasteiger partial charge in [-0.25, -0.2) is 9.97 Å². The zero-order valence-corrected chi connectivity index (χ0v) is 9.92. The highest BCUT2D eigenvalue weighted by molar-refractivity contribution is 7.99. The van der Waals surface area contributed by atoms with Gasteiger partial charge < -0.3 is 10.8 Å². The summed E-state index contributed by atoms with van der Waals surface area (Å²) in [6, 6.07) is 0. The van der Waals surface area contributed by atoms with E-state index in [1.807, 2.05) is 13.8 Å². The number of aryl methyl sites for hydroxylation is 1. The molecule has 1 aromatic rings. The molecular formula is C10H17N3OS. The minimum atomic E-state index is -0.502. The molecule has 0 aliphatic carbocycles. The Morgan fingerprint density at radius 2 is 2.07 bits per heavy atom. The number of thioether (sulfide) groups is 1. The molecule has 0 aliphatic rings. The highest BCUT2D eigenvalue weighted by Crippen LogP contribution is 2.16. The molecule has 15 heavy (non-hydrogen) atoms. The van der Waals surface area contributed by atoms with E-state index in [1.165, 1.54) is 0 Å². The molecule has 4 nitrogen and oxygen atoms in total. The van der Waals surface area contributed by atoms with Crippen LogP contribution in [0.4, 0.5) is 0 Å². The van der Waals surface area contributed by atoms with Crippen LogP contribution in [-0.4, -0.2) is 33.0 Å². The van der Waals surface area contributed by atoms with Gasteiger partial charge >= 0.3 is 0 Å². The number of hydrogen-bond acceptors (Lipinski definition) is 5. The van der Waals surface area contributed by atoms with Crippen molar-refractivity contribution >= 4 is 11.8 Å². The Labute approximate surface area is 94.3 Å². The van der Waals surface area contributed by atoms with Crippen LogP contribution in [0.25, 0.3) is 0 Å². The van der Waals surface area contributed by atoms with Crippen molar-refractivity contribution in [1.29, 1.82) is 0 Å². The van der Waals surface area contributed by atoms with Crippen LogP contribution < -0.4 is 5.73 Å². The first-order chi connectivity index (χ1) is 7.03. The van der Waals surface area contributed by atoms with E-state index >= 15 is 0 Å². The fourth-order valence-corrected chi connectivity index (χ4v) is 1.92. The first-order valence-electron chi connectivity index (χ1n) is 4.85. The van der Waals surface area contributed by atoms with Gasteiger partial charge in [0, 0.05) is 23.7 Å². The lowest BCUT2D eigenvalue weighted by atomic mass is 10.0. The molecule has 1 heterocycles. The van der Waals surface area contributed by atoms with Crippen molar-refractivity contribution in [2.75, 3.05) is 12.4 Å². The van der Waals surface area contributed by atoms with Crippen molar-refractivity contribution in [3.8, 4) is 0 Å². The van der Waals surface area contributed by atoms with Gasteiger partial charge in [-0.2, -0.15) is 0 Å². The lowest BCUT2D eigenvalue weighted by Gasteiger charge is -2.20. The number of nitrogens with zero attached hydrogens (tertiary/aromatic N) is 2. The number of aliphatic hydroxyl groups excluding tert-OH is 1. The molecule has 0 fully saturated rings. The Bertz CT molecular complexity index is 300. The van der Waals surface area contributed by atoms with Crippen molar-refractivity contribution < 1.29 is 5.11 Å². The van der Waals surface area contributed by atoms with Gasteiger partial charge in [-0.15, -0.1) is 0 Å². The summed E-state index contributed by atoms with van der Waals surface area (Å²) in [4.78, 5) is 8.34. The lowest BCUT2D eigenvalue weighted by molar-refractivity contribution is 0.206. The van der Waals surface area contributed by atoms with Gasteiger partial charge in [0.2, 0.25) is 0 Å². The van der Waals surface area contributed by atoms with E-state index in [0.29, 0.717) is 0 Å². The number of aromatic nitrogens is 2. The largest absolute Gasteiger partial charge is 0.394 e. The van der Waals surface area contributed by atoms with Crippen molar-refractivity contribution in [2.45, 2.75) is 31.0 Å². The van der Waals surface area contributed by atoms with Crippen molar-refractivity contribution in [3.05, 3.63) is 18.0 Å². The van der Waals surface area contributed by atoms with E-state index in [-0.39, 0.29) is 6.61 Å². The van der Waals surface area contributed by atoms with Gasteiger partial charge in [-0.1, -0.05) is 11.8 Å². The first kappa shape index (κ1) is 12.4. The molecule has 0 aliphatic heterocycles. The molecule has 84 valence electrons. The lowest BCUT2D eigenvalue weighted by Crippen LogP contribution is -2.40. The molecular weight excluding hydrogens is 210 g/mol. The molecule has 0 bridgehead atoms. The van der Waals surface area contributed by atoms with Crippen LogP contribution in [0.5, 0.6) is 0 Å². The van der Waals surface area contributed by atoms with Crippen molar-refractivity contribution in [1.82, 2.24) is 9.97 Å². The molecule has 1 aromatic heterocycles. The second kappa shape index (κ2) is 5.44. The summed E-state index contributed by atoms with van der Waals surface area (Å²) in [5.74, 6) is 0.816. The highest BCUT2D eigenvalue weighted by Gasteiger charge is 2.16. The molecule has 0 spiro atoms. The topological polar surface area (TPSA) is 72.0 Å². The van der Waals surface area contributed by atoms with Crippen LogP contribution in [0.15, 0.2) is 17.6 Å². The second-order valence-electron chi connectivity index (χ2n) is 3.95. The molecule has 0 radical (unpaired) electrons. The Kier molecular flexibility index (Phi) is 4.50. The summed E-state index contributed by atoms with van der Waals surface area (Å²) in [5.41, 5.74) is 6.35. The monoisotopic (exact) mass is 227 g/mol. The maximum Gasteiger partial charge on any atom is 0.187 e. The minimum absolute atomic E-state index is 0.00230. The molecule has 1 unspecified atom stereocenters. The van der Waals surface area contributed by atoms with E-state index in [9.17, 15) is 0 Å². The van der Waals surface area contributed by atoms with Crippen LogP contribution in [0.2, 0.25) is 0 Å². The van der Waals surface area contributed by atoms with Gasteiger partial charge in [0.15, 0.2) is 5.16 Å². The SMILES string of the molecule is Cc1cnc(SCCC(C)(N)CO)nc1. The molecule has 0 saturated heterocycles. The second-order valence-corrected chi connectivity index (χ2v) is 5.02. The Morgan fingerprint density at radius 3 is 2.60 bits per heavy atom. The number of aliphatic hydroxyl groups is 1. The molecule has 0 amide bonds. The fraction of sp³-hybridized carbons (Fsp3) is 0.600. The summed E-state index contributed by atoms with van der Waals surface area (Å²) < 4.78 is 0. The van der Waals surface area contributed by atoms with Crippen LogP contribution in [0.3, 0.4) is 0 Å². The first-order valence-corrected chi connectivity index (χ1v) is 5.83. The van der Waals surface area contributed by atoms with Crippen LogP contribution in [0.1, 0.15) is 18.9 Å². The average Bonchev–Trinajstić information content (AvgIpc) is 2.21. The molecule has 1 rings (SSSR count). The molecule has 0 aromatic carbocycles. The molecule has 5 heteroatoms. The van der Waals surface area contributed by atoms with E-state index in [2.05, 4.69) is 9.97 Å². The third-order valence-electron chi connectivity index (χ3n) is 2.02. The van der Waals surface area contributed by atoms with Crippen LogP contribution >= 0.6 is 11.8 Å². The standard InChI is InChI=1S/C10H17N3OS/c1-8-5-12-9(13-6-8)15-4-3-10(2,11)7-14/h5-6,14H,3-4,7,11H2,1-2H3. The van der Waals surface area contributed by atoms with E-state index in [4.69, 9.17) is 10.8 Å². The predicted molar refractivity (Wildman–Crippen MR) is 61.8 cm³/mol. The van der Waals surface area contributed by atoms with Crippen LogP contribution in [0, 0.1) is 6.92 Å². The van der Waals surface area contributed by atoms with Gasteiger partial charge in [-0.3, -0.25) is 0 Å². The Hall–Kier alpha value is -0.650. The van der Waals surface area contributed by atoms with E-state index in [1.54, 1.807) is 24.2 Å². The predicted octanol–water partition coefficient (Wildman–Crippen LogP) is 0.977. The summed E-state index contributed by atoms with van der Waals surface area (Å²) in [6.45, 7) is 3.79. The molecule has 1 atom stereocenters. The number of nitrogens with two attached hydrogens (primary N) is 1. The van der Waals surface area contributed by atoms with E-state index < -0.39 is 5.54 Å². The Balaban J connectivity index is 2.35. The van der Waals surface area contributed by atoms with Gasteiger partial charge in [0.05, 0.1) is 6.61 Å². The number of rotatable bonds is 5. The van der Waals surface area contributed by atoms with Gasteiger partial charge in [0.1, 0.15) is 0 Å². The van der Waals surface area contributed by atoms with Crippen molar-refractivity contribution in [3.63, 3.8) is 0 Å². The van der Waals surface area contributed by atoms with Gasteiger partial charge in [-0.05, 0) is 25.8 Å². The normalized spacial score (nSPS) is 14.9. The summed E-state index contributed by atoms with van der Waals surface area (Å²) in [5, 5.41) is 9.72. The summed E-state index contributed by atoms with van der Waals surface area (Å²) in [7, 11) is 0. The number of hydrogen-bond donors (Lipinski definition) is 2. The maximum atomic E-state index is 8.96. The summed E-state index contributed by atoms with van der Waals surface area (Å²) >= 11 is 1.56. The smallest absolute Gasteiger partial charge is 0.187 e. The highest BCUT2D eigenvalue weighted by atomic mass is 32.2. The van der Waals surface area contributed by atoms with Crippen molar-refractivity contribution in [2.24, 2.45) is 5.73 Å². The zero-order chi connectivity index (χ0) is 11.3. The maximum absolute atomic E-state index is 8.96. The average molecular weight is 227 g/mol. The minimum Gasteiger partial charge on any atom is -0.394 e. The van der Waals surface area contributed by atoms with Crippen LogP contribution in [-0.2, 0) is 0 Å². The third-order valence-corrected chi connectivity index (χ3v) is 2.90. The zero-order valence-electron chi connectivity index (χ0n) is 9.10. The summed E-state index contributed by atoms with van der Waals surface area (Å²) in [6.07, 6.45) is 4.33. The third kappa shape index (κ3) is 4.59. The van der Waals surface area contributed by atoms with E-state index in [0.717, 1.165) is 22.9 Å². The van der Waals surface area contributed by atoms with Gasteiger partial charge in [0.25, 0.3) is 0 Å². The quantitative estimate of drug-likeness (QED) is 0.579. The Morgan fingerprint density at radius 1 is 1.47 bits per heavy atom.